The van der Waals surface area contributed by atoms with Gasteiger partial charge < -0.3 is 9.47 Å². The van der Waals surface area contributed by atoms with Crippen LogP contribution >= 0.6 is 0 Å². The van der Waals surface area contributed by atoms with Gasteiger partial charge in [0.05, 0.1) is 7.11 Å². The molecule has 0 bridgehead atoms. The minimum absolute atomic E-state index is 0.321. The summed E-state index contributed by atoms with van der Waals surface area (Å²) in [5.74, 6) is -3.55. The minimum atomic E-state index is -1.35. The van der Waals surface area contributed by atoms with Crippen molar-refractivity contribution in [1.82, 2.24) is 0 Å². The van der Waals surface area contributed by atoms with Crippen LogP contribution in [0.2, 0.25) is 0 Å². The predicted molar refractivity (Wildman–Crippen MR) is 31.5 cm³/mol. The molecule has 0 aromatic heterocycles. The fourth-order valence-electron chi connectivity index (χ4n) is 0.786. The van der Waals surface area contributed by atoms with Gasteiger partial charge in [0.1, 0.15) is 0 Å². The van der Waals surface area contributed by atoms with E-state index in [2.05, 4.69) is 9.47 Å². The minimum Gasteiger partial charge on any atom is -0.468 e. The van der Waals surface area contributed by atoms with Gasteiger partial charge in [-0.1, -0.05) is 0 Å². The summed E-state index contributed by atoms with van der Waals surface area (Å²) in [6.07, 6.45) is 0. The smallest absolute Gasteiger partial charge is 0.328 e. The zero-order chi connectivity index (χ0) is 8.43. The van der Waals surface area contributed by atoms with E-state index in [1.54, 1.807) is 0 Å². The molecule has 1 rings (SSSR count). The molecule has 1 saturated heterocycles. The highest BCUT2D eigenvalue weighted by atomic mass is 16.6. The Kier molecular flexibility index (Phi) is 1.89. The van der Waals surface area contributed by atoms with E-state index in [-0.39, 0.29) is 6.61 Å². The van der Waals surface area contributed by atoms with E-state index in [0.29, 0.717) is 0 Å². The molecule has 1 aliphatic heterocycles. The average Bonchev–Trinajstić information content (AvgIpc) is 2.30. The third-order valence-corrected chi connectivity index (χ3v) is 1.35. The molecule has 1 aliphatic rings. The number of carbonyl (C=O) groups excluding carboxylic acids is 3. The zero-order valence-electron chi connectivity index (χ0n) is 5.83. The highest BCUT2D eigenvalue weighted by Gasteiger charge is 2.42. The van der Waals surface area contributed by atoms with E-state index < -0.39 is 23.6 Å². The van der Waals surface area contributed by atoms with Gasteiger partial charge in [0.25, 0.3) is 0 Å². The van der Waals surface area contributed by atoms with Crippen LogP contribution in [0.3, 0.4) is 0 Å². The standard InChI is InChI=1S/C6H6O5/c1-10-5(8)4-3(7)2-11-6(4)9/h4H,2H2,1H3/t4-/m1/s1. The van der Waals surface area contributed by atoms with Crippen molar-refractivity contribution in [2.24, 2.45) is 5.92 Å². The zero-order valence-corrected chi connectivity index (χ0v) is 5.83. The van der Waals surface area contributed by atoms with Crippen molar-refractivity contribution in [1.29, 1.82) is 0 Å². The van der Waals surface area contributed by atoms with Crippen LogP contribution in [-0.2, 0) is 23.9 Å². The van der Waals surface area contributed by atoms with E-state index in [4.69, 9.17) is 0 Å². The molecule has 0 aromatic carbocycles. The van der Waals surface area contributed by atoms with Crippen molar-refractivity contribution in [2.45, 2.75) is 0 Å². The number of Topliss-reactive ketones (excluding diaryl/α,β-unsaturated/α-hetero) is 1. The van der Waals surface area contributed by atoms with Gasteiger partial charge in [-0.25, -0.2) is 0 Å². The predicted octanol–water partition coefficient (Wildman–Crippen LogP) is -1.10. The van der Waals surface area contributed by atoms with Crippen LogP contribution in [0.5, 0.6) is 0 Å². The molecule has 0 aromatic rings. The Morgan fingerprint density at radius 2 is 2.27 bits per heavy atom. The quantitative estimate of drug-likeness (QED) is 0.358. The van der Waals surface area contributed by atoms with E-state index in [0.717, 1.165) is 7.11 Å². The summed E-state index contributed by atoms with van der Waals surface area (Å²) in [4.78, 5) is 32.1. The molecule has 0 aliphatic carbocycles. The second-order valence-electron chi connectivity index (χ2n) is 2.03. The second kappa shape index (κ2) is 2.69. The topological polar surface area (TPSA) is 69.7 Å². The van der Waals surface area contributed by atoms with Crippen molar-refractivity contribution in [3.05, 3.63) is 0 Å². The molecule has 0 N–H and O–H groups in total. The summed E-state index contributed by atoms with van der Waals surface area (Å²) in [7, 11) is 1.11. The van der Waals surface area contributed by atoms with Gasteiger partial charge in [-0.15, -0.1) is 0 Å². The Labute approximate surface area is 62.3 Å². The van der Waals surface area contributed by atoms with Crippen LogP contribution in [0.4, 0.5) is 0 Å². The molecule has 0 saturated carbocycles. The lowest BCUT2D eigenvalue weighted by atomic mass is 10.1. The molecular formula is C6H6O5. The normalized spacial score (nSPS) is 23.2. The van der Waals surface area contributed by atoms with Crippen LogP contribution in [0, 0.1) is 5.92 Å². The lowest BCUT2D eigenvalue weighted by molar-refractivity contribution is -0.154. The maximum absolute atomic E-state index is 10.7. The lowest BCUT2D eigenvalue weighted by Gasteiger charge is -1.99. The van der Waals surface area contributed by atoms with Crippen LogP contribution in [-0.4, -0.2) is 31.4 Å². The number of methoxy groups -OCH3 is 1. The van der Waals surface area contributed by atoms with Crippen LogP contribution < -0.4 is 0 Å². The van der Waals surface area contributed by atoms with E-state index >= 15 is 0 Å². The number of ketones is 1. The first kappa shape index (κ1) is 7.71. The first-order valence-corrected chi connectivity index (χ1v) is 2.94. The molecule has 5 heteroatoms. The first-order valence-electron chi connectivity index (χ1n) is 2.94. The Bertz CT molecular complexity index is 203. The third-order valence-electron chi connectivity index (χ3n) is 1.35. The van der Waals surface area contributed by atoms with E-state index in [1.165, 1.54) is 0 Å². The highest BCUT2D eigenvalue weighted by Crippen LogP contribution is 2.11. The molecule has 60 valence electrons. The van der Waals surface area contributed by atoms with Crippen molar-refractivity contribution >= 4 is 17.7 Å². The summed E-state index contributed by atoms with van der Waals surface area (Å²) in [5.41, 5.74) is 0. The van der Waals surface area contributed by atoms with Crippen LogP contribution in [0.25, 0.3) is 0 Å². The van der Waals surface area contributed by atoms with Gasteiger partial charge >= 0.3 is 11.9 Å². The van der Waals surface area contributed by atoms with Gasteiger partial charge in [0.2, 0.25) is 5.92 Å². The van der Waals surface area contributed by atoms with E-state index in [9.17, 15) is 14.4 Å². The van der Waals surface area contributed by atoms with Crippen molar-refractivity contribution < 1.29 is 23.9 Å². The monoisotopic (exact) mass is 158 g/mol. The summed E-state index contributed by atoms with van der Waals surface area (Å²) in [6, 6.07) is 0. The largest absolute Gasteiger partial charge is 0.468 e. The fourth-order valence-corrected chi connectivity index (χ4v) is 0.786. The van der Waals surface area contributed by atoms with Gasteiger partial charge in [-0.2, -0.15) is 0 Å². The number of cyclic esters (lactones) is 1. The number of rotatable bonds is 1. The van der Waals surface area contributed by atoms with Gasteiger partial charge in [0.15, 0.2) is 12.4 Å². The number of hydrogen-bond donors (Lipinski definition) is 0. The Morgan fingerprint density at radius 1 is 1.64 bits per heavy atom. The fraction of sp³-hybridized carbons (Fsp3) is 0.500. The Hall–Kier alpha value is -1.39. The number of esters is 2. The Morgan fingerprint density at radius 3 is 2.64 bits per heavy atom. The summed E-state index contributed by atoms with van der Waals surface area (Å²) in [5, 5.41) is 0. The molecule has 0 unspecified atom stereocenters. The number of carbonyl (C=O) groups is 3. The second-order valence-corrected chi connectivity index (χ2v) is 2.03. The third kappa shape index (κ3) is 1.21. The van der Waals surface area contributed by atoms with Crippen molar-refractivity contribution in [2.75, 3.05) is 13.7 Å². The molecule has 1 fully saturated rings. The molecule has 11 heavy (non-hydrogen) atoms. The molecular weight excluding hydrogens is 152 g/mol. The SMILES string of the molecule is COC(=O)[C@H]1C(=O)COC1=O. The van der Waals surface area contributed by atoms with Gasteiger partial charge in [-0.3, -0.25) is 14.4 Å². The first-order chi connectivity index (χ1) is 5.16. The Balaban J connectivity index is 2.76. The molecule has 1 heterocycles. The van der Waals surface area contributed by atoms with Gasteiger partial charge in [-0.05, 0) is 0 Å². The molecule has 0 spiro atoms. The van der Waals surface area contributed by atoms with Gasteiger partial charge in [0, 0.05) is 0 Å². The molecule has 1 atom stereocenters. The summed E-state index contributed by atoms with van der Waals surface area (Å²) < 4.78 is 8.53. The average molecular weight is 158 g/mol. The van der Waals surface area contributed by atoms with E-state index in [1.807, 2.05) is 0 Å². The number of ether oxygens (including phenoxy) is 2. The maximum atomic E-state index is 10.7. The van der Waals surface area contributed by atoms with Crippen LogP contribution in [0.15, 0.2) is 0 Å². The molecule has 0 amide bonds. The summed E-state index contributed by atoms with van der Waals surface area (Å²) >= 11 is 0. The summed E-state index contributed by atoms with van der Waals surface area (Å²) in [6.45, 7) is -0.321. The highest BCUT2D eigenvalue weighted by molar-refractivity contribution is 6.18. The van der Waals surface area contributed by atoms with Crippen LogP contribution in [0.1, 0.15) is 0 Å². The van der Waals surface area contributed by atoms with Crippen molar-refractivity contribution in [3.63, 3.8) is 0 Å². The lowest BCUT2D eigenvalue weighted by Crippen LogP contribution is -2.26. The molecule has 5 nitrogen and oxygen atoms in total. The maximum Gasteiger partial charge on any atom is 0.328 e. The van der Waals surface area contributed by atoms with Crippen molar-refractivity contribution in [3.8, 4) is 0 Å². The number of hydrogen-bond acceptors (Lipinski definition) is 5. The molecule has 0 radical (unpaired) electrons.